The molecule has 4 heteroatoms. The number of alkyl carbamates (subject to hydrolysis) is 1. The molecule has 0 aliphatic carbocycles. The number of benzene rings is 2. The second kappa shape index (κ2) is 8.07. The van der Waals surface area contributed by atoms with Crippen LogP contribution in [0.2, 0.25) is 0 Å². The number of carbonyl (C=O) groups excluding carboxylic acids is 1. The van der Waals surface area contributed by atoms with Crippen LogP contribution in [0.3, 0.4) is 0 Å². The summed E-state index contributed by atoms with van der Waals surface area (Å²) in [4.78, 5) is 11.8. The van der Waals surface area contributed by atoms with Gasteiger partial charge < -0.3 is 15.8 Å². The van der Waals surface area contributed by atoms with E-state index >= 15 is 0 Å². The zero-order valence-electron chi connectivity index (χ0n) is 11.9. The topological polar surface area (TPSA) is 64.3 Å². The molecule has 0 aromatic heterocycles. The molecule has 3 N–H and O–H groups in total. The Bertz CT molecular complexity index is 543. The third-order valence-corrected chi connectivity index (χ3v) is 3.14. The van der Waals surface area contributed by atoms with Crippen molar-refractivity contribution in [2.24, 2.45) is 5.73 Å². The number of hydrogen-bond donors (Lipinski definition) is 2. The minimum Gasteiger partial charge on any atom is -0.445 e. The number of amides is 1. The molecule has 0 radical (unpaired) electrons. The van der Waals surface area contributed by atoms with E-state index in [1.807, 2.05) is 60.7 Å². The number of nitrogens with two attached hydrogens (primary N) is 1. The van der Waals surface area contributed by atoms with Crippen LogP contribution >= 0.6 is 0 Å². The Kier molecular flexibility index (Phi) is 5.79. The maximum absolute atomic E-state index is 11.8. The summed E-state index contributed by atoms with van der Waals surface area (Å²) in [6, 6.07) is 19.4. The first-order valence-electron chi connectivity index (χ1n) is 6.99. The van der Waals surface area contributed by atoms with E-state index in [9.17, 15) is 4.79 Å². The van der Waals surface area contributed by atoms with Crippen molar-refractivity contribution in [2.45, 2.75) is 19.1 Å². The minimum atomic E-state index is -0.440. The highest BCUT2D eigenvalue weighted by Crippen LogP contribution is 2.04. The van der Waals surface area contributed by atoms with Crippen molar-refractivity contribution in [3.05, 3.63) is 71.8 Å². The van der Waals surface area contributed by atoms with Crippen molar-refractivity contribution in [1.82, 2.24) is 5.32 Å². The van der Waals surface area contributed by atoms with Crippen LogP contribution in [-0.2, 0) is 17.8 Å². The molecule has 1 atom stereocenters. The van der Waals surface area contributed by atoms with Gasteiger partial charge in [0.15, 0.2) is 0 Å². The molecule has 0 saturated heterocycles. The van der Waals surface area contributed by atoms with Crippen LogP contribution < -0.4 is 11.1 Å². The fourth-order valence-corrected chi connectivity index (χ4v) is 2.02. The lowest BCUT2D eigenvalue weighted by atomic mass is 10.1. The van der Waals surface area contributed by atoms with Crippen LogP contribution in [0.15, 0.2) is 60.7 Å². The molecule has 0 aliphatic rings. The SMILES string of the molecule is NCC(Cc1ccccc1)NC(=O)OCc1ccccc1. The average molecular weight is 284 g/mol. The number of carbonyl (C=O) groups is 1. The van der Waals surface area contributed by atoms with Crippen molar-refractivity contribution in [2.75, 3.05) is 6.54 Å². The number of nitrogens with one attached hydrogen (secondary N) is 1. The Balaban J connectivity index is 1.80. The maximum Gasteiger partial charge on any atom is 0.407 e. The molecule has 1 amide bonds. The van der Waals surface area contributed by atoms with E-state index in [1.165, 1.54) is 0 Å². The first kappa shape index (κ1) is 15.1. The van der Waals surface area contributed by atoms with Gasteiger partial charge in [-0.3, -0.25) is 0 Å². The molecule has 21 heavy (non-hydrogen) atoms. The molecular formula is C17H20N2O2. The van der Waals surface area contributed by atoms with Gasteiger partial charge in [-0.05, 0) is 17.5 Å². The molecule has 0 aliphatic heterocycles. The largest absolute Gasteiger partial charge is 0.445 e. The van der Waals surface area contributed by atoms with Crippen LogP contribution in [-0.4, -0.2) is 18.7 Å². The molecule has 0 bridgehead atoms. The van der Waals surface area contributed by atoms with Crippen molar-refractivity contribution in [3.8, 4) is 0 Å². The van der Waals surface area contributed by atoms with Crippen molar-refractivity contribution >= 4 is 6.09 Å². The zero-order valence-corrected chi connectivity index (χ0v) is 11.9. The highest BCUT2D eigenvalue weighted by molar-refractivity contribution is 5.67. The molecule has 110 valence electrons. The van der Waals surface area contributed by atoms with E-state index in [2.05, 4.69) is 5.32 Å². The van der Waals surface area contributed by atoms with Crippen molar-refractivity contribution in [3.63, 3.8) is 0 Å². The quantitative estimate of drug-likeness (QED) is 0.856. The summed E-state index contributed by atoms with van der Waals surface area (Å²) in [5, 5.41) is 2.80. The first-order valence-corrected chi connectivity index (χ1v) is 6.99. The zero-order chi connectivity index (χ0) is 14.9. The van der Waals surface area contributed by atoms with Gasteiger partial charge in [0.1, 0.15) is 6.61 Å². The molecule has 1 unspecified atom stereocenters. The lowest BCUT2D eigenvalue weighted by Gasteiger charge is -2.16. The van der Waals surface area contributed by atoms with Gasteiger partial charge >= 0.3 is 6.09 Å². The summed E-state index contributed by atoms with van der Waals surface area (Å²) in [6.45, 7) is 0.630. The standard InChI is InChI=1S/C17H20N2O2/c18-12-16(11-14-7-3-1-4-8-14)19-17(20)21-13-15-9-5-2-6-10-15/h1-10,16H,11-13,18H2,(H,19,20). The summed E-state index contributed by atoms with van der Waals surface area (Å²) in [5.74, 6) is 0. The molecule has 0 fully saturated rings. The molecule has 0 saturated carbocycles. The monoisotopic (exact) mass is 284 g/mol. The van der Waals surface area contributed by atoms with E-state index in [4.69, 9.17) is 10.5 Å². The molecular weight excluding hydrogens is 264 g/mol. The van der Waals surface area contributed by atoms with Crippen LogP contribution in [0.1, 0.15) is 11.1 Å². The van der Waals surface area contributed by atoms with Crippen molar-refractivity contribution in [1.29, 1.82) is 0 Å². The third kappa shape index (κ3) is 5.28. The Labute approximate surface area is 124 Å². The Hall–Kier alpha value is -2.33. The van der Waals surface area contributed by atoms with Crippen LogP contribution in [0, 0.1) is 0 Å². The predicted molar refractivity (Wildman–Crippen MR) is 82.8 cm³/mol. The van der Waals surface area contributed by atoms with E-state index in [0.717, 1.165) is 11.1 Å². The third-order valence-electron chi connectivity index (χ3n) is 3.14. The van der Waals surface area contributed by atoms with Gasteiger partial charge in [-0.25, -0.2) is 4.79 Å². The van der Waals surface area contributed by atoms with Crippen molar-refractivity contribution < 1.29 is 9.53 Å². The van der Waals surface area contributed by atoms with E-state index < -0.39 is 6.09 Å². The minimum absolute atomic E-state index is 0.129. The fraction of sp³-hybridized carbons (Fsp3) is 0.235. The lowest BCUT2D eigenvalue weighted by Crippen LogP contribution is -2.41. The lowest BCUT2D eigenvalue weighted by molar-refractivity contribution is 0.136. The van der Waals surface area contributed by atoms with Crippen LogP contribution in [0.5, 0.6) is 0 Å². The van der Waals surface area contributed by atoms with Gasteiger partial charge in [0.25, 0.3) is 0 Å². The van der Waals surface area contributed by atoms with Crippen LogP contribution in [0.25, 0.3) is 0 Å². The van der Waals surface area contributed by atoms with Gasteiger partial charge in [0, 0.05) is 12.6 Å². The first-order chi connectivity index (χ1) is 10.3. The Morgan fingerprint density at radius 1 is 1.00 bits per heavy atom. The molecule has 4 nitrogen and oxygen atoms in total. The van der Waals surface area contributed by atoms with Crippen LogP contribution in [0.4, 0.5) is 4.79 Å². The van der Waals surface area contributed by atoms with Gasteiger partial charge in [0.05, 0.1) is 0 Å². The molecule has 2 aromatic carbocycles. The van der Waals surface area contributed by atoms with Gasteiger partial charge in [0.2, 0.25) is 0 Å². The number of hydrogen-bond acceptors (Lipinski definition) is 3. The predicted octanol–water partition coefficient (Wildman–Crippen LogP) is 2.48. The normalized spacial score (nSPS) is 11.7. The molecule has 0 heterocycles. The highest BCUT2D eigenvalue weighted by Gasteiger charge is 2.12. The molecule has 2 aromatic rings. The maximum atomic E-state index is 11.8. The molecule has 2 rings (SSSR count). The number of rotatable bonds is 6. The fourth-order valence-electron chi connectivity index (χ4n) is 2.02. The second-order valence-electron chi connectivity index (χ2n) is 4.83. The van der Waals surface area contributed by atoms with Gasteiger partial charge in [-0.2, -0.15) is 0 Å². The Morgan fingerprint density at radius 3 is 2.14 bits per heavy atom. The summed E-state index contributed by atoms with van der Waals surface area (Å²) in [5.41, 5.74) is 7.80. The molecule has 0 spiro atoms. The summed E-state index contributed by atoms with van der Waals surface area (Å²) in [6.07, 6.45) is 0.253. The highest BCUT2D eigenvalue weighted by atomic mass is 16.5. The smallest absolute Gasteiger partial charge is 0.407 e. The van der Waals surface area contributed by atoms with E-state index in [0.29, 0.717) is 13.0 Å². The van der Waals surface area contributed by atoms with Gasteiger partial charge in [-0.1, -0.05) is 60.7 Å². The van der Waals surface area contributed by atoms with E-state index in [-0.39, 0.29) is 12.6 Å². The second-order valence-corrected chi connectivity index (χ2v) is 4.83. The summed E-state index contributed by atoms with van der Waals surface area (Å²) in [7, 11) is 0. The number of ether oxygens (including phenoxy) is 1. The summed E-state index contributed by atoms with van der Waals surface area (Å²) >= 11 is 0. The summed E-state index contributed by atoms with van der Waals surface area (Å²) < 4.78 is 5.19. The van der Waals surface area contributed by atoms with Gasteiger partial charge in [-0.15, -0.1) is 0 Å². The average Bonchev–Trinajstić information content (AvgIpc) is 2.54. The Morgan fingerprint density at radius 2 is 1.57 bits per heavy atom. The van der Waals surface area contributed by atoms with E-state index in [1.54, 1.807) is 0 Å².